The maximum atomic E-state index is 13.2. The largest absolute Gasteiger partial charge is 0.477 e. The first kappa shape index (κ1) is 110. The Morgan fingerprint density at radius 2 is 0.647 bits per heavy atom. The molecule has 0 aromatic carbocycles. The van der Waals surface area contributed by atoms with Crippen molar-refractivity contribution in [3.05, 3.63) is 0 Å². The number of aliphatic hydroxyl groups excluding tert-OH is 29. The zero-order chi connectivity index (χ0) is 98.3. The zero-order valence-corrected chi connectivity index (χ0v) is 71.0. The lowest BCUT2D eigenvalue weighted by Gasteiger charge is -2.51. The summed E-state index contributed by atoms with van der Waals surface area (Å²) < 4.78 is 113. The van der Waals surface area contributed by atoms with Gasteiger partial charge in [0.15, 0.2) is 56.6 Å². The van der Waals surface area contributed by atoms with E-state index in [1.54, 1.807) is 0 Å². The van der Waals surface area contributed by atoms with Crippen LogP contribution in [0.1, 0.15) is 34.1 Å². The fourth-order valence-corrected chi connectivity index (χ4v) is 16.9. The summed E-state index contributed by atoms with van der Waals surface area (Å²) >= 11 is 0. The molecule has 0 bridgehead atoms. The number of carboxylic acid groups (broad SMARTS) is 1. The minimum absolute atomic E-state index is 0.818. The molecule has 60 heteroatoms. The molecule has 768 valence electrons. The second kappa shape index (κ2) is 47.9. The number of carbonyl (C=O) groups is 6. The summed E-state index contributed by atoms with van der Waals surface area (Å²) in [7, 11) is 0. The minimum Gasteiger partial charge on any atom is -0.477 e. The first-order valence-corrected chi connectivity index (χ1v) is 41.9. The van der Waals surface area contributed by atoms with Crippen LogP contribution in [0, 0.1) is 0 Å². The number of hydrogen-bond acceptors (Lipinski definition) is 54. The molecule has 10 rings (SSSR count). The maximum absolute atomic E-state index is 13.2. The van der Waals surface area contributed by atoms with E-state index in [4.69, 9.17) is 90.0 Å². The van der Waals surface area contributed by atoms with Crippen molar-refractivity contribution in [3.8, 4) is 0 Å². The molecule has 10 fully saturated rings. The number of carbonyl (C=O) groups excluding carboxylic acids is 5. The Bertz CT molecular complexity index is 3700. The van der Waals surface area contributed by atoms with Gasteiger partial charge in [0.05, 0.1) is 78.2 Å². The fraction of sp³-hybridized carbons (Fsp3) is 0.918. The smallest absolute Gasteiger partial charge is 0.364 e. The van der Waals surface area contributed by atoms with Crippen molar-refractivity contribution in [2.45, 2.75) is 346 Å². The molecule has 0 saturated carbocycles. The third kappa shape index (κ3) is 24.6. The van der Waals surface area contributed by atoms with Crippen molar-refractivity contribution in [3.63, 3.8) is 0 Å². The Kier molecular flexibility index (Phi) is 39.6. The van der Waals surface area contributed by atoms with Crippen LogP contribution in [0.25, 0.3) is 0 Å². The second-order valence-electron chi connectivity index (χ2n) is 33.2. The minimum atomic E-state index is -3.17. The van der Waals surface area contributed by atoms with Crippen molar-refractivity contribution in [2.75, 3.05) is 72.7 Å². The normalized spacial score (nSPS) is 47.0. The molecule has 0 unspecified atom stereocenters. The monoisotopic (exact) mass is 1950 g/mol. The van der Waals surface area contributed by atoms with Crippen LogP contribution >= 0.6 is 0 Å². The average molecular weight is 1950 g/mol. The van der Waals surface area contributed by atoms with Crippen LogP contribution in [-0.2, 0) is 119 Å². The van der Waals surface area contributed by atoms with Crippen molar-refractivity contribution >= 4 is 35.5 Å². The van der Waals surface area contributed by atoms with E-state index in [0.717, 1.165) is 27.7 Å². The average Bonchev–Trinajstić information content (AvgIpc) is 0.771. The van der Waals surface area contributed by atoms with Crippen molar-refractivity contribution in [1.82, 2.24) is 26.6 Å². The molecule has 0 radical (unpaired) electrons. The van der Waals surface area contributed by atoms with Gasteiger partial charge in [0.25, 0.3) is 5.79 Å². The summed E-state index contributed by atoms with van der Waals surface area (Å²) in [4.78, 5) is 76.8. The van der Waals surface area contributed by atoms with Gasteiger partial charge in [0, 0.05) is 34.1 Å². The number of amides is 5. The van der Waals surface area contributed by atoms with Crippen LogP contribution < -0.4 is 26.6 Å². The molecular weight excluding hydrogens is 1830 g/mol. The van der Waals surface area contributed by atoms with Gasteiger partial charge in [-0.05, 0) is 0 Å². The maximum Gasteiger partial charge on any atom is 0.364 e. The predicted molar refractivity (Wildman–Crippen MR) is 406 cm³/mol. The third-order valence-corrected chi connectivity index (χ3v) is 24.0. The molecule has 0 aromatic heterocycles. The van der Waals surface area contributed by atoms with Gasteiger partial charge in [0.1, 0.15) is 244 Å². The molecule has 10 saturated heterocycles. The Morgan fingerprint density at radius 3 is 1.05 bits per heavy atom. The van der Waals surface area contributed by atoms with Gasteiger partial charge in [-0.2, -0.15) is 0 Å². The standard InChI is InChI=1S/C73H121N5O55/c1-17(88)74-34-44(101)55(26(10-83)117-63(34)112)126-64-35(75-18(2)89)45(102)58(29(13-86)121-64)129-69-54(111)60(43(100)30(124-69)15-115-70-61(50(107)40(97)24(8-81)119-70)131-65-36(76-19(3)90)46(103)56(27(11-84)122-65)127-67-52(109)48(105)39(96)23(7-80)118-67)130-71-62(51(108)41(98)25(9-82)120-71)132-66-37(77-20(4)91)47(104)57(28(12-85)123-66)128-68-53(110)49(106)42(99)31(125-68)16-116-73(72(113)114)5-21(92)33(78-32(94)14-87)59(133-73)38(95)22(93)6-79/h21-31,33-71,79-87,92-93,95-112H,5-16H2,1-4H3,(H,74,88)(H,75,89)(H,76,90)(H,77,91)(H,78,94)(H,113,114)/t21-,22+,23+,24+,25+,26+,27+,28+,29+,30+,31+,33+,34+,35+,36+,37+,38+,39-,40+,41+,42-,43+,44+,45+,46+,47+,48-,49-,50-,51-,52+,53+,54-,55+,56+,57+,58+,59+,60-,61-,62-,63+,64-,65-,66-,67-,68-,69-,70-,71+,73+/m0/s1. The van der Waals surface area contributed by atoms with E-state index in [2.05, 4.69) is 26.6 Å². The lowest BCUT2D eigenvalue weighted by Crippen LogP contribution is -2.71. The summed E-state index contributed by atoms with van der Waals surface area (Å²) in [5.74, 6) is -10.3. The molecule has 51 atom stereocenters. The summed E-state index contributed by atoms with van der Waals surface area (Å²) in [5.41, 5.74) is 0. The van der Waals surface area contributed by atoms with E-state index in [9.17, 15) is 182 Å². The van der Waals surface area contributed by atoms with Crippen molar-refractivity contribution in [2.24, 2.45) is 0 Å². The van der Waals surface area contributed by atoms with Crippen molar-refractivity contribution < 1.29 is 272 Å². The quantitative estimate of drug-likeness (QED) is 0.0275. The van der Waals surface area contributed by atoms with Gasteiger partial charge in [-0.25, -0.2) is 4.79 Å². The Morgan fingerprint density at radius 1 is 0.323 bits per heavy atom. The molecule has 10 aliphatic rings. The van der Waals surface area contributed by atoms with Gasteiger partial charge in [-0.1, -0.05) is 0 Å². The number of aliphatic hydroxyl groups is 29. The molecule has 5 amide bonds. The van der Waals surface area contributed by atoms with Crippen LogP contribution in [-0.4, -0.2) is 574 Å². The molecule has 0 spiro atoms. The molecule has 35 N–H and O–H groups in total. The van der Waals surface area contributed by atoms with Crippen LogP contribution in [0.2, 0.25) is 0 Å². The van der Waals surface area contributed by atoms with Gasteiger partial charge in [0.2, 0.25) is 29.5 Å². The van der Waals surface area contributed by atoms with E-state index >= 15 is 0 Å². The molecule has 10 heterocycles. The van der Waals surface area contributed by atoms with Crippen molar-refractivity contribution in [1.29, 1.82) is 0 Å². The lowest BCUT2D eigenvalue weighted by atomic mass is 9.88. The number of ether oxygens (including phenoxy) is 19. The summed E-state index contributed by atoms with van der Waals surface area (Å²) in [6.07, 6.45) is -100. The highest BCUT2D eigenvalue weighted by molar-refractivity contribution is 5.78. The molecular formula is C73H121N5O55. The van der Waals surface area contributed by atoms with E-state index in [-0.39, 0.29) is 0 Å². The predicted octanol–water partition coefficient (Wildman–Crippen LogP) is -23.9. The second-order valence-corrected chi connectivity index (χ2v) is 33.2. The Hall–Kier alpha value is -5.10. The summed E-state index contributed by atoms with van der Waals surface area (Å²) in [5, 5.41) is 345. The highest BCUT2D eigenvalue weighted by atomic mass is 16.8. The molecule has 0 aromatic rings. The Labute approximate surface area is 751 Å². The number of aliphatic carboxylic acids is 1. The van der Waals surface area contributed by atoms with Crippen LogP contribution in [0.3, 0.4) is 0 Å². The van der Waals surface area contributed by atoms with Crippen LogP contribution in [0.5, 0.6) is 0 Å². The summed E-state index contributed by atoms with van der Waals surface area (Å²) in [6.45, 7) is -9.47. The highest BCUT2D eigenvalue weighted by Gasteiger charge is 2.63. The molecule has 0 aliphatic carbocycles. The fourth-order valence-electron chi connectivity index (χ4n) is 16.9. The first-order chi connectivity index (χ1) is 62.8. The number of rotatable bonds is 37. The topological polar surface area (TPSA) is 945 Å². The van der Waals surface area contributed by atoms with Crippen LogP contribution in [0.4, 0.5) is 0 Å². The van der Waals surface area contributed by atoms with E-state index in [1.807, 2.05) is 0 Å². The van der Waals surface area contributed by atoms with E-state index in [0.29, 0.717) is 0 Å². The lowest BCUT2D eigenvalue weighted by molar-refractivity contribution is -0.399. The SMILES string of the molecule is CC(=O)N[C@@H]1[C@@H](O)[C@H](O[C@@H]2O[C@H](CO)[C@@H](O[C@@H]3O[C@H](CO[C@H]4O[C@H](CO)[C@@H](O)[C@H](O)[C@@H]4O[C@@H]4O[C@H](CO)[C@@H](O[C@@H]5O[C@H](CO)[C@H](O)[C@H](O)[C@H]5O)[C@H](O)[C@H]4NC(C)=O)[C@@H](O)[C@H](O[C@H]4O[C@H](CO)[C@@H](O)[C@H](O)[C@@H]4O[C@@H]4O[C@H](CO)[C@@H](O[C@@H]5O[C@H](CO[C@]6(C(=O)O)C[C@H](O)[C@@H](NC(=O)CO)[C@H]([C@H](O)[C@H](O)CO)O6)[C@H](O)[C@H](O)[C@H]5O)[C@H](O)[C@H]4NC(C)=O)[C@@H]3O)[C@H](O)[C@H]2NC(C)=O)[C@@H](CO)O[C@H]1O. The first-order valence-electron chi connectivity index (χ1n) is 41.9. The number of hydrogen-bond donors (Lipinski definition) is 35. The van der Waals surface area contributed by atoms with E-state index in [1.165, 1.54) is 0 Å². The van der Waals surface area contributed by atoms with E-state index < -0.39 is 427 Å². The number of carboxylic acids is 1. The van der Waals surface area contributed by atoms with Gasteiger partial charge in [-0.3, -0.25) is 24.0 Å². The Balaban J connectivity index is 0.959. The zero-order valence-electron chi connectivity index (χ0n) is 71.0. The molecule has 60 nitrogen and oxygen atoms in total. The van der Waals surface area contributed by atoms with Gasteiger partial charge < -0.3 is 270 Å². The number of nitrogens with one attached hydrogen (secondary N) is 5. The molecule has 133 heavy (non-hydrogen) atoms. The van der Waals surface area contributed by atoms with Gasteiger partial charge >= 0.3 is 5.97 Å². The highest BCUT2D eigenvalue weighted by Crippen LogP contribution is 2.42. The third-order valence-electron chi connectivity index (χ3n) is 24.0. The van der Waals surface area contributed by atoms with Gasteiger partial charge in [-0.15, -0.1) is 0 Å². The summed E-state index contributed by atoms with van der Waals surface area (Å²) in [6, 6.07) is -9.61. The van der Waals surface area contributed by atoms with Crippen LogP contribution in [0.15, 0.2) is 0 Å². The molecule has 10 aliphatic heterocycles.